The van der Waals surface area contributed by atoms with E-state index in [-0.39, 0.29) is 35.6 Å². The summed E-state index contributed by atoms with van der Waals surface area (Å²) in [6.07, 6.45) is 0. The van der Waals surface area contributed by atoms with Crippen LogP contribution in [0.3, 0.4) is 0 Å². The molecule has 4 heteroatoms. The number of hydrogen-bond donors (Lipinski definition) is 1. The van der Waals surface area contributed by atoms with Crippen molar-refractivity contribution >= 4 is 5.97 Å². The molecule has 1 aliphatic heterocycles. The number of aliphatic carboxylic acids is 1. The van der Waals surface area contributed by atoms with E-state index in [9.17, 15) is 9.90 Å². The van der Waals surface area contributed by atoms with Crippen molar-refractivity contribution in [3.8, 4) is 0 Å². The van der Waals surface area contributed by atoms with Crippen molar-refractivity contribution in [2.45, 2.75) is 6.04 Å². The number of carboxylic acids is 1. The third-order valence-corrected chi connectivity index (χ3v) is 0.693. The van der Waals surface area contributed by atoms with Gasteiger partial charge in [0.25, 0.3) is 0 Å². The normalized spacial score (nSPS) is 25.4. The van der Waals surface area contributed by atoms with Gasteiger partial charge in [-0.3, -0.25) is 0 Å². The fraction of sp³-hybridized carbons (Fsp3) is 0.667. The van der Waals surface area contributed by atoms with Gasteiger partial charge in [0, 0.05) is 6.54 Å². The molecular weight excluding hydrogens is 105 g/mol. The smallest absolute Gasteiger partial charge is 0.548 e. The molecule has 1 unspecified atom stereocenters. The SMILES string of the molecule is O=C([O-])C1CN1.[Na+]. The summed E-state index contributed by atoms with van der Waals surface area (Å²) in [6, 6.07) is -0.343. The number of carbonyl (C=O) groups is 1. The number of carboxylic acid groups (broad SMARTS) is 1. The molecular formula is C3H4NNaO2. The van der Waals surface area contributed by atoms with Crippen molar-refractivity contribution in [3.63, 3.8) is 0 Å². The van der Waals surface area contributed by atoms with E-state index in [0.717, 1.165) is 0 Å². The largest absolute Gasteiger partial charge is 1.00 e. The molecule has 7 heavy (non-hydrogen) atoms. The monoisotopic (exact) mass is 109 g/mol. The second-order valence-corrected chi connectivity index (χ2v) is 1.28. The van der Waals surface area contributed by atoms with Crippen LogP contribution in [-0.2, 0) is 4.79 Å². The first-order valence-corrected chi connectivity index (χ1v) is 1.75. The molecule has 1 aliphatic rings. The fourth-order valence-electron chi connectivity index (χ4n) is 0.226. The average molecular weight is 109 g/mol. The van der Waals surface area contributed by atoms with E-state index < -0.39 is 5.97 Å². The Labute approximate surface area is 63.4 Å². The predicted octanol–water partition coefficient (Wildman–Crippen LogP) is -5.29. The predicted molar refractivity (Wildman–Crippen MR) is 16.8 cm³/mol. The second-order valence-electron chi connectivity index (χ2n) is 1.28. The second kappa shape index (κ2) is 2.67. The summed E-state index contributed by atoms with van der Waals surface area (Å²) in [4.78, 5) is 9.59. The minimum atomic E-state index is -0.991. The summed E-state index contributed by atoms with van der Waals surface area (Å²) in [5, 5.41) is 12.2. The standard InChI is InChI=1S/C3H5NO2.Na/c5-3(6)2-1-4-2;/h2,4H,1H2,(H,5,6);/q;+1/p-1. The van der Waals surface area contributed by atoms with Crippen LogP contribution < -0.4 is 40.0 Å². The molecule has 0 amide bonds. The van der Waals surface area contributed by atoms with E-state index in [1.807, 2.05) is 0 Å². The maximum atomic E-state index is 9.59. The zero-order valence-corrected chi connectivity index (χ0v) is 6.10. The molecule has 0 aromatic carbocycles. The quantitative estimate of drug-likeness (QED) is 0.270. The van der Waals surface area contributed by atoms with Gasteiger partial charge in [0.15, 0.2) is 0 Å². The third-order valence-electron chi connectivity index (χ3n) is 0.693. The Bertz CT molecular complexity index is 81.0. The zero-order chi connectivity index (χ0) is 4.57. The van der Waals surface area contributed by atoms with Crippen molar-refractivity contribution in [1.82, 2.24) is 5.32 Å². The molecule has 1 atom stereocenters. The molecule has 1 N–H and O–H groups in total. The molecule has 1 heterocycles. The average Bonchev–Trinajstić information content (AvgIpc) is 2.06. The van der Waals surface area contributed by atoms with Gasteiger partial charge in [0.2, 0.25) is 0 Å². The summed E-state index contributed by atoms with van der Waals surface area (Å²) >= 11 is 0. The van der Waals surface area contributed by atoms with Crippen LogP contribution in [0.25, 0.3) is 0 Å². The van der Waals surface area contributed by atoms with Crippen LogP contribution in [0.2, 0.25) is 0 Å². The molecule has 0 spiro atoms. The van der Waals surface area contributed by atoms with Gasteiger partial charge in [-0.15, -0.1) is 0 Å². The van der Waals surface area contributed by atoms with Crippen LogP contribution in [0, 0.1) is 0 Å². The fourth-order valence-corrected chi connectivity index (χ4v) is 0.226. The number of rotatable bonds is 1. The first-order valence-electron chi connectivity index (χ1n) is 1.75. The van der Waals surface area contributed by atoms with Gasteiger partial charge >= 0.3 is 29.6 Å². The first-order chi connectivity index (χ1) is 2.80. The number of hydrogen-bond acceptors (Lipinski definition) is 3. The third kappa shape index (κ3) is 2.29. The van der Waals surface area contributed by atoms with Crippen molar-refractivity contribution in [2.24, 2.45) is 0 Å². The van der Waals surface area contributed by atoms with Gasteiger partial charge in [0.1, 0.15) is 0 Å². The van der Waals surface area contributed by atoms with Crippen molar-refractivity contribution in [1.29, 1.82) is 0 Å². The first kappa shape index (κ1) is 7.43. The van der Waals surface area contributed by atoms with Crippen LogP contribution in [-0.4, -0.2) is 18.6 Å². The Morgan fingerprint density at radius 2 is 2.29 bits per heavy atom. The van der Waals surface area contributed by atoms with Crippen LogP contribution in [0.4, 0.5) is 0 Å². The molecule has 0 saturated carbocycles. The summed E-state index contributed by atoms with van der Waals surface area (Å²) in [5.41, 5.74) is 0. The van der Waals surface area contributed by atoms with Crippen molar-refractivity contribution < 1.29 is 39.5 Å². The molecule has 0 aliphatic carbocycles. The Balaban J connectivity index is 0.000000360. The molecule has 0 radical (unpaired) electrons. The number of carbonyl (C=O) groups excluding carboxylic acids is 1. The van der Waals surface area contributed by atoms with E-state index in [0.29, 0.717) is 6.54 Å². The summed E-state index contributed by atoms with van der Waals surface area (Å²) in [5.74, 6) is -0.991. The van der Waals surface area contributed by atoms with Crippen LogP contribution in [0.15, 0.2) is 0 Å². The molecule has 0 bridgehead atoms. The molecule has 1 saturated heterocycles. The van der Waals surface area contributed by atoms with E-state index >= 15 is 0 Å². The summed E-state index contributed by atoms with van der Waals surface area (Å²) in [6.45, 7) is 0.586. The van der Waals surface area contributed by atoms with Crippen LogP contribution >= 0.6 is 0 Å². The Morgan fingerprint density at radius 3 is 2.29 bits per heavy atom. The summed E-state index contributed by atoms with van der Waals surface area (Å²) < 4.78 is 0. The molecule has 3 nitrogen and oxygen atoms in total. The van der Waals surface area contributed by atoms with Crippen molar-refractivity contribution in [2.75, 3.05) is 6.54 Å². The van der Waals surface area contributed by atoms with Gasteiger partial charge in [-0.25, -0.2) is 0 Å². The Morgan fingerprint density at radius 1 is 1.86 bits per heavy atom. The van der Waals surface area contributed by atoms with E-state index in [1.165, 1.54) is 0 Å². The maximum absolute atomic E-state index is 9.59. The molecule has 0 aromatic rings. The number of nitrogens with one attached hydrogen (secondary N) is 1. The maximum Gasteiger partial charge on any atom is 1.00 e. The van der Waals surface area contributed by atoms with E-state index in [4.69, 9.17) is 0 Å². The van der Waals surface area contributed by atoms with Gasteiger partial charge < -0.3 is 15.2 Å². The minimum Gasteiger partial charge on any atom is -0.548 e. The van der Waals surface area contributed by atoms with Gasteiger partial charge in [-0.2, -0.15) is 0 Å². The van der Waals surface area contributed by atoms with Gasteiger partial charge in [-0.05, 0) is 0 Å². The van der Waals surface area contributed by atoms with E-state index in [2.05, 4.69) is 5.32 Å². The van der Waals surface area contributed by atoms with E-state index in [1.54, 1.807) is 0 Å². The molecule has 0 aromatic heterocycles. The molecule has 1 rings (SSSR count). The molecule has 1 fully saturated rings. The summed E-state index contributed by atoms with van der Waals surface area (Å²) in [7, 11) is 0. The van der Waals surface area contributed by atoms with Crippen LogP contribution in [0.1, 0.15) is 0 Å². The minimum absolute atomic E-state index is 0. The zero-order valence-electron chi connectivity index (χ0n) is 4.10. The van der Waals surface area contributed by atoms with Gasteiger partial charge in [0.05, 0.1) is 12.0 Å². The van der Waals surface area contributed by atoms with Crippen LogP contribution in [0.5, 0.6) is 0 Å². The van der Waals surface area contributed by atoms with Gasteiger partial charge in [-0.1, -0.05) is 0 Å². The Hall–Kier alpha value is 0.430. The topological polar surface area (TPSA) is 62.1 Å². The molecule has 34 valence electrons. The Kier molecular flexibility index (Phi) is 2.83. The van der Waals surface area contributed by atoms with Crippen molar-refractivity contribution in [3.05, 3.63) is 0 Å².